The first-order chi connectivity index (χ1) is 14.6. The molecule has 3 heterocycles. The van der Waals surface area contributed by atoms with Crippen molar-refractivity contribution in [3.8, 4) is 11.9 Å². The summed E-state index contributed by atoms with van der Waals surface area (Å²) in [4.78, 5) is 27.2. The highest BCUT2D eigenvalue weighted by Crippen LogP contribution is 2.19. The smallest absolute Gasteiger partial charge is 0.242 e. The Labute approximate surface area is 177 Å². The molecule has 3 rings (SSSR count). The van der Waals surface area contributed by atoms with Crippen LogP contribution < -0.4 is 14.5 Å². The number of ether oxygens (including phenoxy) is 1. The van der Waals surface area contributed by atoms with E-state index >= 15 is 0 Å². The van der Waals surface area contributed by atoms with Crippen LogP contribution in [0.25, 0.3) is 0 Å². The third-order valence-electron chi connectivity index (χ3n) is 5.12. The predicted molar refractivity (Wildman–Crippen MR) is 116 cm³/mol. The highest BCUT2D eigenvalue weighted by Gasteiger charge is 2.24. The van der Waals surface area contributed by atoms with E-state index in [1.807, 2.05) is 29.0 Å². The second kappa shape index (κ2) is 10.4. The van der Waals surface area contributed by atoms with Crippen LogP contribution >= 0.6 is 0 Å². The molecule has 8 heteroatoms. The lowest BCUT2D eigenvalue weighted by atomic mass is 10.2. The van der Waals surface area contributed by atoms with Gasteiger partial charge in [0.2, 0.25) is 11.8 Å². The summed E-state index contributed by atoms with van der Waals surface area (Å²) in [5.41, 5.74) is 1.43. The van der Waals surface area contributed by atoms with Crippen LogP contribution in [0.15, 0.2) is 36.7 Å². The maximum absolute atomic E-state index is 12.7. The standard InChI is InChI=1S/C22H28N6O2/c1-3-4-14-30-20-8-7-19(16-25-20)26(2)17-21(29)27-10-12-28(13-11-27)22-18(15-23)6-5-9-24-22/h5-9,16H,3-4,10-14,17H2,1-2H3. The number of rotatable bonds is 8. The number of pyridine rings is 2. The second-order valence-electron chi connectivity index (χ2n) is 7.27. The van der Waals surface area contributed by atoms with Gasteiger partial charge in [-0.15, -0.1) is 0 Å². The zero-order chi connectivity index (χ0) is 21.3. The van der Waals surface area contributed by atoms with E-state index in [1.165, 1.54) is 0 Å². The van der Waals surface area contributed by atoms with Gasteiger partial charge >= 0.3 is 0 Å². The fraction of sp³-hybridized carbons (Fsp3) is 0.455. The summed E-state index contributed by atoms with van der Waals surface area (Å²) in [6, 6.07) is 9.47. The summed E-state index contributed by atoms with van der Waals surface area (Å²) in [7, 11) is 1.88. The van der Waals surface area contributed by atoms with Crippen molar-refractivity contribution in [1.29, 1.82) is 5.26 Å². The third kappa shape index (κ3) is 5.38. The minimum absolute atomic E-state index is 0.0712. The van der Waals surface area contributed by atoms with E-state index in [9.17, 15) is 10.1 Å². The van der Waals surface area contributed by atoms with Gasteiger partial charge in [0.1, 0.15) is 11.9 Å². The van der Waals surface area contributed by atoms with E-state index in [-0.39, 0.29) is 12.5 Å². The molecule has 0 unspecified atom stereocenters. The van der Waals surface area contributed by atoms with Crippen molar-refractivity contribution in [2.75, 3.05) is 56.2 Å². The fourth-order valence-electron chi connectivity index (χ4n) is 3.30. The Hall–Kier alpha value is -3.34. The lowest BCUT2D eigenvalue weighted by molar-refractivity contribution is -0.129. The molecule has 1 amide bonds. The van der Waals surface area contributed by atoms with E-state index in [0.29, 0.717) is 50.0 Å². The molecule has 1 aliphatic heterocycles. The maximum atomic E-state index is 12.7. The number of amides is 1. The highest BCUT2D eigenvalue weighted by molar-refractivity contribution is 5.81. The van der Waals surface area contributed by atoms with Gasteiger partial charge in [-0.1, -0.05) is 13.3 Å². The number of hydrogen-bond acceptors (Lipinski definition) is 7. The molecule has 2 aromatic heterocycles. The normalized spacial score (nSPS) is 13.6. The molecule has 0 aromatic carbocycles. The van der Waals surface area contributed by atoms with Crippen LogP contribution in [0, 0.1) is 11.3 Å². The van der Waals surface area contributed by atoms with Crippen LogP contribution in [0.5, 0.6) is 5.88 Å². The van der Waals surface area contributed by atoms with E-state index in [1.54, 1.807) is 24.5 Å². The molecule has 1 aliphatic rings. The predicted octanol–water partition coefficient (Wildman–Crippen LogP) is 2.31. The molecule has 0 N–H and O–H groups in total. The molecule has 0 saturated carbocycles. The molecular weight excluding hydrogens is 380 g/mol. The molecule has 8 nitrogen and oxygen atoms in total. The lowest BCUT2D eigenvalue weighted by Crippen LogP contribution is -2.51. The molecule has 1 fully saturated rings. The van der Waals surface area contributed by atoms with Gasteiger partial charge < -0.3 is 19.4 Å². The zero-order valence-electron chi connectivity index (χ0n) is 17.6. The highest BCUT2D eigenvalue weighted by atomic mass is 16.5. The topological polar surface area (TPSA) is 85.6 Å². The molecule has 30 heavy (non-hydrogen) atoms. The second-order valence-corrected chi connectivity index (χ2v) is 7.27. The van der Waals surface area contributed by atoms with E-state index in [4.69, 9.17) is 4.74 Å². The number of nitrogens with zero attached hydrogens (tertiary/aromatic N) is 6. The van der Waals surface area contributed by atoms with Gasteiger partial charge in [-0.3, -0.25) is 4.79 Å². The maximum Gasteiger partial charge on any atom is 0.242 e. The van der Waals surface area contributed by atoms with Crippen molar-refractivity contribution in [3.05, 3.63) is 42.2 Å². The minimum Gasteiger partial charge on any atom is -0.478 e. The molecule has 0 bridgehead atoms. The molecule has 0 radical (unpaired) electrons. The summed E-state index contributed by atoms with van der Waals surface area (Å²) in [6.07, 6.45) is 5.51. The lowest BCUT2D eigenvalue weighted by Gasteiger charge is -2.36. The van der Waals surface area contributed by atoms with E-state index < -0.39 is 0 Å². The molecule has 0 aliphatic carbocycles. The van der Waals surface area contributed by atoms with Crippen molar-refractivity contribution in [2.45, 2.75) is 19.8 Å². The number of aromatic nitrogens is 2. The number of nitriles is 1. The molecule has 2 aromatic rings. The number of carbonyl (C=O) groups is 1. The van der Waals surface area contributed by atoms with Gasteiger partial charge in [-0.2, -0.15) is 5.26 Å². The Balaban J connectivity index is 1.50. The molecule has 1 saturated heterocycles. The van der Waals surface area contributed by atoms with Crippen LogP contribution in [0.3, 0.4) is 0 Å². The molecule has 0 spiro atoms. The van der Waals surface area contributed by atoms with Crippen LogP contribution in [0.4, 0.5) is 11.5 Å². The summed E-state index contributed by atoms with van der Waals surface area (Å²) in [5.74, 6) is 1.37. The van der Waals surface area contributed by atoms with Gasteiger partial charge in [0.05, 0.1) is 30.6 Å². The number of hydrogen-bond donors (Lipinski definition) is 0. The van der Waals surface area contributed by atoms with Crippen molar-refractivity contribution in [2.24, 2.45) is 0 Å². The zero-order valence-corrected chi connectivity index (χ0v) is 17.6. The first kappa shape index (κ1) is 21.4. The minimum atomic E-state index is 0.0712. The number of anilines is 2. The third-order valence-corrected chi connectivity index (χ3v) is 5.12. The van der Waals surface area contributed by atoms with E-state index in [0.717, 1.165) is 18.5 Å². The number of piperazine rings is 1. The molecule has 158 valence electrons. The number of unbranched alkanes of at least 4 members (excludes halogenated alkanes) is 1. The van der Waals surface area contributed by atoms with Crippen molar-refractivity contribution in [3.63, 3.8) is 0 Å². The summed E-state index contributed by atoms with van der Waals surface area (Å²) in [5, 5.41) is 9.27. The van der Waals surface area contributed by atoms with Crippen LogP contribution in [-0.2, 0) is 4.79 Å². The van der Waals surface area contributed by atoms with Crippen molar-refractivity contribution in [1.82, 2.24) is 14.9 Å². The monoisotopic (exact) mass is 408 g/mol. The van der Waals surface area contributed by atoms with Gasteiger partial charge in [-0.05, 0) is 24.6 Å². The first-order valence-corrected chi connectivity index (χ1v) is 10.3. The van der Waals surface area contributed by atoms with Gasteiger partial charge in [0, 0.05) is 45.5 Å². The number of carbonyl (C=O) groups excluding carboxylic acids is 1. The fourth-order valence-corrected chi connectivity index (χ4v) is 3.30. The average molecular weight is 409 g/mol. The van der Waals surface area contributed by atoms with Crippen LogP contribution in [0.2, 0.25) is 0 Å². The van der Waals surface area contributed by atoms with Crippen LogP contribution in [0.1, 0.15) is 25.3 Å². The van der Waals surface area contributed by atoms with Gasteiger partial charge in [0.25, 0.3) is 0 Å². The first-order valence-electron chi connectivity index (χ1n) is 10.3. The Morgan fingerprint density at radius 3 is 2.70 bits per heavy atom. The Bertz CT molecular complexity index is 872. The van der Waals surface area contributed by atoms with E-state index in [2.05, 4.69) is 27.9 Å². The Morgan fingerprint density at radius 2 is 2.03 bits per heavy atom. The summed E-state index contributed by atoms with van der Waals surface area (Å²) < 4.78 is 5.59. The van der Waals surface area contributed by atoms with Crippen molar-refractivity contribution < 1.29 is 9.53 Å². The van der Waals surface area contributed by atoms with Crippen molar-refractivity contribution >= 4 is 17.4 Å². The summed E-state index contributed by atoms with van der Waals surface area (Å²) in [6.45, 7) is 5.60. The SMILES string of the molecule is CCCCOc1ccc(N(C)CC(=O)N2CCN(c3ncccc3C#N)CC2)cn1. The quantitative estimate of drug-likeness (QED) is 0.620. The number of likely N-dealkylation sites (N-methyl/N-ethyl adjacent to an activating group) is 1. The molecular formula is C22H28N6O2. The molecule has 0 atom stereocenters. The van der Waals surface area contributed by atoms with Gasteiger partial charge in [-0.25, -0.2) is 9.97 Å². The largest absolute Gasteiger partial charge is 0.478 e. The Morgan fingerprint density at radius 1 is 1.23 bits per heavy atom. The summed E-state index contributed by atoms with van der Waals surface area (Å²) >= 11 is 0. The van der Waals surface area contributed by atoms with Crippen LogP contribution in [-0.4, -0.2) is 67.2 Å². The average Bonchev–Trinajstić information content (AvgIpc) is 2.79. The van der Waals surface area contributed by atoms with Gasteiger partial charge in [0.15, 0.2) is 0 Å². The Kier molecular flexibility index (Phi) is 7.44.